The summed E-state index contributed by atoms with van der Waals surface area (Å²) in [5.74, 6) is 1.02. The summed E-state index contributed by atoms with van der Waals surface area (Å²) in [7, 11) is 0. The zero-order valence-electron chi connectivity index (χ0n) is 10.8. The summed E-state index contributed by atoms with van der Waals surface area (Å²) < 4.78 is 0. The topological polar surface area (TPSA) is 44.0 Å². The van der Waals surface area contributed by atoms with E-state index < -0.39 is 0 Å². The minimum absolute atomic E-state index is 0.575. The van der Waals surface area contributed by atoms with Crippen molar-refractivity contribution >= 4 is 17.0 Å². The molecular formula is C14H20N4. The van der Waals surface area contributed by atoms with Crippen LogP contribution >= 0.6 is 0 Å². The predicted molar refractivity (Wildman–Crippen MR) is 75.0 cm³/mol. The van der Waals surface area contributed by atoms with Crippen molar-refractivity contribution in [2.24, 2.45) is 0 Å². The first-order valence-electron chi connectivity index (χ1n) is 6.80. The van der Waals surface area contributed by atoms with Gasteiger partial charge in [0.1, 0.15) is 0 Å². The zero-order chi connectivity index (χ0) is 12.4. The molecular weight excluding hydrogens is 224 g/mol. The normalized spacial score (nSPS) is 19.5. The molecule has 0 saturated carbocycles. The van der Waals surface area contributed by atoms with Gasteiger partial charge in [-0.3, -0.25) is 0 Å². The lowest BCUT2D eigenvalue weighted by molar-refractivity contribution is 0.613. The summed E-state index contributed by atoms with van der Waals surface area (Å²) in [4.78, 5) is 10.6. The first-order valence-corrected chi connectivity index (χ1v) is 6.80. The molecule has 1 saturated heterocycles. The summed E-state index contributed by atoms with van der Waals surface area (Å²) in [5.41, 5.74) is 2.18. The molecule has 0 spiro atoms. The van der Waals surface area contributed by atoms with Gasteiger partial charge in [-0.25, -0.2) is 4.98 Å². The van der Waals surface area contributed by atoms with Crippen LogP contribution in [0.25, 0.3) is 11.0 Å². The smallest absolute Gasteiger partial charge is 0.204 e. The Morgan fingerprint density at radius 1 is 1.39 bits per heavy atom. The lowest BCUT2D eigenvalue weighted by atomic mass is 10.2. The lowest BCUT2D eigenvalue weighted by Crippen LogP contribution is -2.38. The molecule has 1 aliphatic rings. The number of aromatic amines is 1. The third-order valence-electron chi connectivity index (χ3n) is 3.59. The maximum Gasteiger partial charge on any atom is 0.204 e. The highest BCUT2D eigenvalue weighted by Crippen LogP contribution is 2.21. The van der Waals surface area contributed by atoms with Crippen molar-refractivity contribution in [2.45, 2.75) is 25.8 Å². The van der Waals surface area contributed by atoms with Gasteiger partial charge in [-0.2, -0.15) is 0 Å². The Kier molecular flexibility index (Phi) is 3.19. The molecule has 0 radical (unpaired) electrons. The average molecular weight is 244 g/mol. The molecule has 2 heterocycles. The van der Waals surface area contributed by atoms with E-state index >= 15 is 0 Å². The molecule has 3 rings (SSSR count). The molecule has 1 fully saturated rings. The third kappa shape index (κ3) is 2.08. The molecule has 1 aromatic carbocycles. The minimum atomic E-state index is 0.575. The van der Waals surface area contributed by atoms with E-state index in [-0.39, 0.29) is 0 Å². The standard InChI is InChI=1S/C14H20N4/c1-2-9-18(11-7-8-15-10-11)14-16-12-5-3-4-6-13(12)17-14/h3-6,11,15H,2,7-10H2,1H3,(H,16,17). The molecule has 4 nitrogen and oxygen atoms in total. The summed E-state index contributed by atoms with van der Waals surface area (Å²) >= 11 is 0. The second-order valence-corrected chi connectivity index (χ2v) is 4.92. The Bertz CT molecular complexity index is 480. The SMILES string of the molecule is CCCN(c1nc2ccccc2[nH]1)C1CCNC1. The van der Waals surface area contributed by atoms with Crippen molar-refractivity contribution in [3.63, 3.8) is 0 Å². The van der Waals surface area contributed by atoms with E-state index in [1.165, 1.54) is 6.42 Å². The monoisotopic (exact) mass is 244 g/mol. The lowest BCUT2D eigenvalue weighted by Gasteiger charge is -2.27. The van der Waals surface area contributed by atoms with Crippen LogP contribution in [0.15, 0.2) is 24.3 Å². The number of hydrogen-bond donors (Lipinski definition) is 2. The van der Waals surface area contributed by atoms with Gasteiger partial charge in [0.15, 0.2) is 0 Å². The molecule has 2 N–H and O–H groups in total. The average Bonchev–Trinajstić information content (AvgIpc) is 3.04. The van der Waals surface area contributed by atoms with E-state index in [9.17, 15) is 0 Å². The number of H-pyrrole nitrogens is 1. The number of benzene rings is 1. The first kappa shape index (κ1) is 11.5. The van der Waals surface area contributed by atoms with E-state index in [0.29, 0.717) is 6.04 Å². The van der Waals surface area contributed by atoms with Crippen molar-refractivity contribution in [3.05, 3.63) is 24.3 Å². The first-order chi connectivity index (χ1) is 8.88. The van der Waals surface area contributed by atoms with Crippen molar-refractivity contribution < 1.29 is 0 Å². The Morgan fingerprint density at radius 3 is 3.00 bits per heavy atom. The van der Waals surface area contributed by atoms with E-state index in [0.717, 1.165) is 43.0 Å². The second-order valence-electron chi connectivity index (χ2n) is 4.92. The molecule has 4 heteroatoms. The number of hydrogen-bond acceptors (Lipinski definition) is 3. The quantitative estimate of drug-likeness (QED) is 0.866. The highest BCUT2D eigenvalue weighted by atomic mass is 15.3. The number of nitrogens with one attached hydrogen (secondary N) is 2. The van der Waals surface area contributed by atoms with Crippen LogP contribution in [0.5, 0.6) is 0 Å². The third-order valence-corrected chi connectivity index (χ3v) is 3.59. The van der Waals surface area contributed by atoms with Crippen molar-refractivity contribution in [3.8, 4) is 0 Å². The molecule has 0 bridgehead atoms. The molecule has 0 amide bonds. The fourth-order valence-corrected chi connectivity index (χ4v) is 2.68. The molecule has 1 aromatic heterocycles. The highest BCUT2D eigenvalue weighted by molar-refractivity contribution is 5.77. The van der Waals surface area contributed by atoms with Gasteiger partial charge in [-0.15, -0.1) is 0 Å². The number of aromatic nitrogens is 2. The maximum absolute atomic E-state index is 4.72. The summed E-state index contributed by atoms with van der Waals surface area (Å²) in [6.45, 7) is 5.46. The van der Waals surface area contributed by atoms with Crippen LogP contribution in [0.4, 0.5) is 5.95 Å². The molecule has 1 unspecified atom stereocenters. The summed E-state index contributed by atoms with van der Waals surface area (Å²) in [6, 6.07) is 8.81. The predicted octanol–water partition coefficient (Wildman–Crippen LogP) is 2.14. The molecule has 1 aliphatic heterocycles. The van der Waals surface area contributed by atoms with Crippen molar-refractivity contribution in [1.82, 2.24) is 15.3 Å². The van der Waals surface area contributed by atoms with Crippen LogP contribution in [-0.2, 0) is 0 Å². The van der Waals surface area contributed by atoms with E-state index in [2.05, 4.69) is 34.3 Å². The highest BCUT2D eigenvalue weighted by Gasteiger charge is 2.23. The van der Waals surface area contributed by atoms with Crippen LogP contribution in [-0.4, -0.2) is 35.6 Å². The summed E-state index contributed by atoms with van der Waals surface area (Å²) in [6.07, 6.45) is 2.35. The fourth-order valence-electron chi connectivity index (χ4n) is 2.68. The fraction of sp³-hybridized carbons (Fsp3) is 0.500. The Hall–Kier alpha value is -1.55. The maximum atomic E-state index is 4.72. The van der Waals surface area contributed by atoms with Crippen molar-refractivity contribution in [2.75, 3.05) is 24.5 Å². The Balaban J connectivity index is 1.92. The van der Waals surface area contributed by atoms with Crippen molar-refractivity contribution in [1.29, 1.82) is 0 Å². The second kappa shape index (κ2) is 4.98. The number of fused-ring (bicyclic) bond motifs is 1. The summed E-state index contributed by atoms with van der Waals surface area (Å²) in [5, 5.41) is 3.43. The van der Waals surface area contributed by atoms with Gasteiger partial charge in [0.25, 0.3) is 0 Å². The van der Waals surface area contributed by atoms with E-state index in [1.54, 1.807) is 0 Å². The van der Waals surface area contributed by atoms with Crippen LogP contribution < -0.4 is 10.2 Å². The molecule has 96 valence electrons. The Morgan fingerprint density at radius 2 is 2.28 bits per heavy atom. The molecule has 1 atom stereocenters. The number of para-hydroxylation sites is 2. The van der Waals surface area contributed by atoms with Crippen LogP contribution in [0.3, 0.4) is 0 Å². The minimum Gasteiger partial charge on any atom is -0.338 e. The van der Waals surface area contributed by atoms with Gasteiger partial charge in [0.05, 0.1) is 11.0 Å². The van der Waals surface area contributed by atoms with E-state index in [1.807, 2.05) is 12.1 Å². The van der Waals surface area contributed by atoms with Crippen LogP contribution in [0, 0.1) is 0 Å². The number of imidazole rings is 1. The van der Waals surface area contributed by atoms with Gasteiger partial charge in [-0.1, -0.05) is 19.1 Å². The number of nitrogens with zero attached hydrogens (tertiary/aromatic N) is 2. The van der Waals surface area contributed by atoms with Gasteiger partial charge >= 0.3 is 0 Å². The van der Waals surface area contributed by atoms with Gasteiger partial charge < -0.3 is 15.2 Å². The van der Waals surface area contributed by atoms with Gasteiger partial charge in [0.2, 0.25) is 5.95 Å². The number of rotatable bonds is 4. The van der Waals surface area contributed by atoms with Crippen LogP contribution in [0.2, 0.25) is 0 Å². The van der Waals surface area contributed by atoms with E-state index in [4.69, 9.17) is 4.98 Å². The molecule has 18 heavy (non-hydrogen) atoms. The Labute approximate surface area is 107 Å². The van der Waals surface area contributed by atoms with Crippen LogP contribution in [0.1, 0.15) is 19.8 Å². The molecule has 0 aliphatic carbocycles. The largest absolute Gasteiger partial charge is 0.338 e. The van der Waals surface area contributed by atoms with Gasteiger partial charge in [-0.05, 0) is 31.5 Å². The zero-order valence-corrected chi connectivity index (χ0v) is 10.8. The number of anilines is 1. The molecule has 2 aromatic rings. The van der Waals surface area contributed by atoms with Gasteiger partial charge in [0, 0.05) is 19.1 Å².